The minimum absolute atomic E-state index is 0.0103. The summed E-state index contributed by atoms with van der Waals surface area (Å²) in [7, 11) is 0. The molecule has 0 saturated heterocycles. The summed E-state index contributed by atoms with van der Waals surface area (Å²) in [6.45, 7) is 4.69. The van der Waals surface area contributed by atoms with Gasteiger partial charge in [-0.3, -0.25) is 4.98 Å². The zero-order chi connectivity index (χ0) is 13.8. The van der Waals surface area contributed by atoms with Crippen molar-refractivity contribution in [1.82, 2.24) is 4.98 Å². The monoisotopic (exact) mass is 259 g/mol. The highest BCUT2D eigenvalue weighted by Crippen LogP contribution is 2.27. The van der Waals surface area contributed by atoms with E-state index in [0.29, 0.717) is 12.5 Å². The molecule has 2 rings (SSSR count). The van der Waals surface area contributed by atoms with Gasteiger partial charge in [-0.15, -0.1) is 0 Å². The van der Waals surface area contributed by atoms with Gasteiger partial charge in [0.2, 0.25) is 0 Å². The van der Waals surface area contributed by atoms with Crippen molar-refractivity contribution in [2.24, 2.45) is 11.7 Å². The standard InChI is InChI=1S/C15H21N3O/c1-10(2)14(9-19)18-15-11(7-16)8-17-13-6-4-3-5-12(13)15/h3-6,8,10,14,19H,7,9,16H2,1-2H3,(H,17,18)/t14-/m1/s1. The zero-order valence-corrected chi connectivity index (χ0v) is 11.4. The van der Waals surface area contributed by atoms with E-state index in [1.165, 1.54) is 0 Å². The van der Waals surface area contributed by atoms with E-state index in [1.54, 1.807) is 6.20 Å². The van der Waals surface area contributed by atoms with Crippen LogP contribution >= 0.6 is 0 Å². The largest absolute Gasteiger partial charge is 0.394 e. The maximum atomic E-state index is 9.48. The number of hydrogen-bond acceptors (Lipinski definition) is 4. The van der Waals surface area contributed by atoms with E-state index >= 15 is 0 Å². The van der Waals surface area contributed by atoms with Gasteiger partial charge in [0.05, 0.1) is 18.2 Å². The molecule has 0 aliphatic rings. The molecule has 0 amide bonds. The van der Waals surface area contributed by atoms with Gasteiger partial charge in [-0.05, 0) is 12.0 Å². The first-order chi connectivity index (χ1) is 9.17. The number of nitrogens with one attached hydrogen (secondary N) is 1. The highest BCUT2D eigenvalue weighted by molar-refractivity contribution is 5.92. The summed E-state index contributed by atoms with van der Waals surface area (Å²) >= 11 is 0. The molecule has 2 aromatic rings. The van der Waals surface area contributed by atoms with Crippen molar-refractivity contribution < 1.29 is 5.11 Å². The van der Waals surface area contributed by atoms with Crippen LogP contribution in [0.1, 0.15) is 19.4 Å². The third-order valence-electron chi connectivity index (χ3n) is 3.41. The first-order valence-electron chi connectivity index (χ1n) is 6.61. The Morgan fingerprint density at radius 1 is 1.32 bits per heavy atom. The summed E-state index contributed by atoms with van der Waals surface area (Å²) in [6, 6.07) is 7.96. The Hall–Kier alpha value is -1.65. The van der Waals surface area contributed by atoms with Gasteiger partial charge >= 0.3 is 0 Å². The highest BCUT2D eigenvalue weighted by atomic mass is 16.3. The number of aromatic nitrogens is 1. The summed E-state index contributed by atoms with van der Waals surface area (Å²) in [5.41, 5.74) is 8.68. The van der Waals surface area contributed by atoms with Crippen molar-refractivity contribution in [1.29, 1.82) is 0 Å². The number of rotatable bonds is 5. The number of aliphatic hydroxyl groups is 1. The Bertz CT molecular complexity index is 554. The third kappa shape index (κ3) is 2.85. The topological polar surface area (TPSA) is 71.2 Å². The van der Waals surface area contributed by atoms with Crippen LogP contribution in [0.2, 0.25) is 0 Å². The van der Waals surface area contributed by atoms with Crippen LogP contribution in [0, 0.1) is 5.92 Å². The van der Waals surface area contributed by atoms with E-state index < -0.39 is 0 Å². The van der Waals surface area contributed by atoms with E-state index in [4.69, 9.17) is 5.73 Å². The number of pyridine rings is 1. The lowest BCUT2D eigenvalue weighted by Crippen LogP contribution is -2.30. The summed E-state index contributed by atoms with van der Waals surface area (Å²) < 4.78 is 0. The Kier molecular flexibility index (Phi) is 4.35. The summed E-state index contributed by atoms with van der Waals surface area (Å²) in [4.78, 5) is 4.41. The average molecular weight is 259 g/mol. The lowest BCUT2D eigenvalue weighted by Gasteiger charge is -2.23. The first-order valence-corrected chi connectivity index (χ1v) is 6.61. The van der Waals surface area contributed by atoms with E-state index in [0.717, 1.165) is 22.2 Å². The molecule has 0 radical (unpaired) electrons. The van der Waals surface area contributed by atoms with E-state index in [2.05, 4.69) is 24.1 Å². The summed E-state index contributed by atoms with van der Waals surface area (Å²) in [5.74, 6) is 0.336. The Morgan fingerprint density at radius 2 is 2.05 bits per heavy atom. The molecule has 1 atom stereocenters. The van der Waals surface area contributed by atoms with Crippen LogP contribution in [-0.2, 0) is 6.54 Å². The van der Waals surface area contributed by atoms with Gasteiger partial charge in [0.25, 0.3) is 0 Å². The van der Waals surface area contributed by atoms with Crippen LogP contribution in [0.5, 0.6) is 0 Å². The first kappa shape index (κ1) is 13.8. The minimum atomic E-state index is 0.0103. The van der Waals surface area contributed by atoms with Crippen molar-refractivity contribution in [2.75, 3.05) is 11.9 Å². The second kappa shape index (κ2) is 5.99. The predicted octanol–water partition coefficient (Wildman–Crippen LogP) is 2.12. The predicted molar refractivity (Wildman–Crippen MR) is 79.0 cm³/mol. The van der Waals surface area contributed by atoms with E-state index in [9.17, 15) is 5.11 Å². The molecule has 19 heavy (non-hydrogen) atoms. The quantitative estimate of drug-likeness (QED) is 0.769. The lowest BCUT2D eigenvalue weighted by molar-refractivity contribution is 0.249. The molecule has 1 aromatic carbocycles. The van der Waals surface area contributed by atoms with Gasteiger partial charge in [0.1, 0.15) is 0 Å². The van der Waals surface area contributed by atoms with Crippen LogP contribution in [0.15, 0.2) is 30.5 Å². The van der Waals surface area contributed by atoms with Gasteiger partial charge in [-0.2, -0.15) is 0 Å². The van der Waals surface area contributed by atoms with Gasteiger partial charge in [0, 0.05) is 29.4 Å². The second-order valence-electron chi connectivity index (χ2n) is 5.06. The number of para-hydroxylation sites is 1. The molecule has 102 valence electrons. The van der Waals surface area contributed by atoms with Crippen molar-refractivity contribution in [3.8, 4) is 0 Å². The average Bonchev–Trinajstić information content (AvgIpc) is 2.44. The molecule has 0 spiro atoms. The van der Waals surface area contributed by atoms with Crippen LogP contribution in [0.3, 0.4) is 0 Å². The summed E-state index contributed by atoms with van der Waals surface area (Å²) in [6.07, 6.45) is 1.80. The molecule has 0 aliphatic heterocycles. The molecule has 0 fully saturated rings. The molecule has 0 aliphatic carbocycles. The van der Waals surface area contributed by atoms with Crippen molar-refractivity contribution in [3.05, 3.63) is 36.0 Å². The molecule has 1 heterocycles. The number of fused-ring (bicyclic) bond motifs is 1. The van der Waals surface area contributed by atoms with Crippen molar-refractivity contribution in [2.45, 2.75) is 26.4 Å². The van der Waals surface area contributed by atoms with E-state index in [1.807, 2.05) is 24.3 Å². The molecular weight excluding hydrogens is 238 g/mol. The zero-order valence-electron chi connectivity index (χ0n) is 11.4. The molecule has 4 heteroatoms. The smallest absolute Gasteiger partial charge is 0.0722 e. The van der Waals surface area contributed by atoms with E-state index in [-0.39, 0.29) is 12.6 Å². The molecule has 4 N–H and O–H groups in total. The third-order valence-corrected chi connectivity index (χ3v) is 3.41. The number of nitrogens with two attached hydrogens (primary N) is 1. The van der Waals surface area contributed by atoms with Crippen LogP contribution in [0.25, 0.3) is 10.9 Å². The van der Waals surface area contributed by atoms with Crippen LogP contribution in [0.4, 0.5) is 5.69 Å². The number of aliphatic hydroxyl groups excluding tert-OH is 1. The van der Waals surface area contributed by atoms with Gasteiger partial charge in [0.15, 0.2) is 0 Å². The minimum Gasteiger partial charge on any atom is -0.394 e. The molecular formula is C15H21N3O. The maximum absolute atomic E-state index is 9.48. The molecule has 1 aromatic heterocycles. The number of anilines is 1. The molecule has 4 nitrogen and oxygen atoms in total. The molecule has 0 saturated carbocycles. The Morgan fingerprint density at radius 3 is 2.68 bits per heavy atom. The SMILES string of the molecule is CC(C)[C@@H](CO)Nc1c(CN)cnc2ccccc12. The second-order valence-corrected chi connectivity index (χ2v) is 5.06. The summed E-state index contributed by atoms with van der Waals surface area (Å²) in [5, 5.41) is 14.0. The van der Waals surface area contributed by atoms with Crippen molar-refractivity contribution >= 4 is 16.6 Å². The van der Waals surface area contributed by atoms with Crippen LogP contribution in [-0.4, -0.2) is 22.7 Å². The Labute approximate surface area is 113 Å². The Balaban J connectivity index is 2.49. The number of nitrogens with zero attached hydrogens (tertiary/aromatic N) is 1. The number of benzene rings is 1. The van der Waals surface area contributed by atoms with Crippen LogP contribution < -0.4 is 11.1 Å². The molecule has 0 bridgehead atoms. The van der Waals surface area contributed by atoms with Crippen molar-refractivity contribution in [3.63, 3.8) is 0 Å². The fourth-order valence-corrected chi connectivity index (χ4v) is 2.12. The van der Waals surface area contributed by atoms with Gasteiger partial charge < -0.3 is 16.2 Å². The van der Waals surface area contributed by atoms with Gasteiger partial charge in [-0.25, -0.2) is 0 Å². The maximum Gasteiger partial charge on any atom is 0.0722 e. The van der Waals surface area contributed by atoms with Gasteiger partial charge in [-0.1, -0.05) is 32.0 Å². The normalized spacial score (nSPS) is 12.9. The number of hydrogen-bond donors (Lipinski definition) is 3. The molecule has 0 unspecified atom stereocenters. The fraction of sp³-hybridized carbons (Fsp3) is 0.400. The fourth-order valence-electron chi connectivity index (χ4n) is 2.12. The lowest BCUT2D eigenvalue weighted by atomic mass is 10.0. The highest BCUT2D eigenvalue weighted by Gasteiger charge is 2.15.